The van der Waals surface area contributed by atoms with Crippen molar-refractivity contribution in [2.45, 2.75) is 25.9 Å². The van der Waals surface area contributed by atoms with E-state index in [1.54, 1.807) is 6.20 Å². The van der Waals surface area contributed by atoms with Gasteiger partial charge in [-0.05, 0) is 36.6 Å². The first-order valence-corrected chi connectivity index (χ1v) is 7.76. The molecule has 3 rings (SSSR count). The first kappa shape index (κ1) is 14.4. The lowest BCUT2D eigenvalue weighted by Crippen LogP contribution is -2.41. The van der Waals surface area contributed by atoms with Gasteiger partial charge in [0.2, 0.25) is 0 Å². The summed E-state index contributed by atoms with van der Waals surface area (Å²) in [5.41, 5.74) is 3.98. The Morgan fingerprint density at radius 3 is 2.90 bits per heavy atom. The third-order valence-electron chi connectivity index (χ3n) is 4.11. The predicted molar refractivity (Wildman–Crippen MR) is 87.8 cm³/mol. The van der Waals surface area contributed by atoms with Crippen LogP contribution in [-0.2, 0) is 13.0 Å². The molecule has 0 fully saturated rings. The molecule has 1 N–H and O–H groups in total. The van der Waals surface area contributed by atoms with Crippen LogP contribution in [0.3, 0.4) is 0 Å². The maximum atomic E-state index is 5.90. The van der Waals surface area contributed by atoms with Crippen LogP contribution in [0.5, 0.6) is 0 Å². The van der Waals surface area contributed by atoms with Crippen LogP contribution >= 0.6 is 11.6 Å². The molecule has 0 radical (unpaired) electrons. The Kier molecular flexibility index (Phi) is 4.42. The molecule has 0 saturated heterocycles. The van der Waals surface area contributed by atoms with Crippen molar-refractivity contribution < 1.29 is 0 Å². The number of halogens is 1. The maximum Gasteiger partial charge on any atom is 0.131 e. The lowest BCUT2D eigenvalue weighted by molar-refractivity contribution is 0.198. The Morgan fingerprint density at radius 1 is 1.29 bits per heavy atom. The predicted octanol–water partition coefficient (Wildman–Crippen LogP) is 3.59. The quantitative estimate of drug-likeness (QED) is 0.875. The van der Waals surface area contributed by atoms with Crippen LogP contribution in [0.1, 0.15) is 18.1 Å². The van der Waals surface area contributed by atoms with E-state index in [1.807, 2.05) is 12.1 Å². The molecule has 0 bridgehead atoms. The van der Waals surface area contributed by atoms with Crippen LogP contribution in [0.2, 0.25) is 5.15 Å². The second-order valence-electron chi connectivity index (χ2n) is 5.59. The lowest BCUT2D eigenvalue weighted by Gasteiger charge is -2.34. The van der Waals surface area contributed by atoms with Crippen LogP contribution < -0.4 is 5.32 Å². The first-order chi connectivity index (χ1) is 10.2. The molecular weight excluding hydrogens is 282 g/mol. The molecule has 1 atom stereocenters. The molecule has 21 heavy (non-hydrogen) atoms. The Labute approximate surface area is 131 Å². The molecular formula is C17H20ClN3. The number of hydrogen-bond acceptors (Lipinski definition) is 3. The number of nitrogens with zero attached hydrogens (tertiary/aromatic N) is 2. The van der Waals surface area contributed by atoms with Gasteiger partial charge in [-0.25, -0.2) is 4.98 Å². The van der Waals surface area contributed by atoms with Crippen molar-refractivity contribution in [2.75, 3.05) is 18.4 Å². The highest BCUT2D eigenvalue weighted by molar-refractivity contribution is 6.29. The summed E-state index contributed by atoms with van der Waals surface area (Å²) in [6.07, 6.45) is 2.87. The van der Waals surface area contributed by atoms with Crippen molar-refractivity contribution >= 4 is 17.3 Å². The van der Waals surface area contributed by atoms with Crippen molar-refractivity contribution in [2.24, 2.45) is 0 Å². The van der Waals surface area contributed by atoms with Crippen LogP contribution in [0.15, 0.2) is 42.6 Å². The molecule has 1 aliphatic rings. The van der Waals surface area contributed by atoms with E-state index < -0.39 is 0 Å². The molecule has 4 heteroatoms. The average molecular weight is 302 g/mol. The summed E-state index contributed by atoms with van der Waals surface area (Å²) < 4.78 is 0. The largest absolute Gasteiger partial charge is 0.383 e. The SMILES string of the molecule is CC(CNc1ccnc(Cl)c1)N1CCc2ccccc2C1. The van der Waals surface area contributed by atoms with Crippen LogP contribution in [0.25, 0.3) is 0 Å². The van der Waals surface area contributed by atoms with E-state index in [0.29, 0.717) is 11.2 Å². The molecule has 0 saturated carbocycles. The van der Waals surface area contributed by atoms with E-state index in [4.69, 9.17) is 11.6 Å². The van der Waals surface area contributed by atoms with E-state index in [9.17, 15) is 0 Å². The molecule has 1 aromatic carbocycles. The average Bonchev–Trinajstić information content (AvgIpc) is 2.52. The van der Waals surface area contributed by atoms with Gasteiger partial charge in [0, 0.05) is 37.6 Å². The second-order valence-corrected chi connectivity index (χ2v) is 5.97. The highest BCUT2D eigenvalue weighted by Crippen LogP contribution is 2.20. The summed E-state index contributed by atoms with van der Waals surface area (Å²) >= 11 is 5.90. The fourth-order valence-corrected chi connectivity index (χ4v) is 2.97. The van der Waals surface area contributed by atoms with Crippen molar-refractivity contribution in [1.29, 1.82) is 0 Å². The molecule has 1 aliphatic heterocycles. The van der Waals surface area contributed by atoms with Gasteiger partial charge in [0.25, 0.3) is 0 Å². The minimum atomic E-state index is 0.477. The van der Waals surface area contributed by atoms with E-state index in [1.165, 1.54) is 11.1 Å². The zero-order valence-corrected chi connectivity index (χ0v) is 13.0. The molecule has 0 spiro atoms. The van der Waals surface area contributed by atoms with E-state index >= 15 is 0 Å². The Bertz CT molecular complexity index is 614. The third-order valence-corrected chi connectivity index (χ3v) is 4.32. The maximum absolute atomic E-state index is 5.90. The highest BCUT2D eigenvalue weighted by atomic mass is 35.5. The van der Waals surface area contributed by atoms with Crippen LogP contribution in [0, 0.1) is 0 Å². The molecule has 3 nitrogen and oxygen atoms in total. The zero-order chi connectivity index (χ0) is 14.7. The van der Waals surface area contributed by atoms with Gasteiger partial charge in [0.05, 0.1) is 0 Å². The van der Waals surface area contributed by atoms with Gasteiger partial charge in [0.1, 0.15) is 5.15 Å². The van der Waals surface area contributed by atoms with Gasteiger partial charge >= 0.3 is 0 Å². The van der Waals surface area contributed by atoms with Gasteiger partial charge in [-0.1, -0.05) is 35.9 Å². The number of pyridine rings is 1. The standard InChI is InChI=1S/C17H20ClN3/c1-13(11-20-16-6-8-19-17(18)10-16)21-9-7-14-4-2-3-5-15(14)12-21/h2-6,8,10,13H,7,9,11-12H2,1H3,(H,19,20). The molecule has 2 aromatic rings. The number of aromatic nitrogens is 1. The van der Waals surface area contributed by atoms with Crippen molar-refractivity contribution in [3.63, 3.8) is 0 Å². The summed E-state index contributed by atoms with van der Waals surface area (Å²) in [5, 5.41) is 3.97. The molecule has 1 aromatic heterocycles. The highest BCUT2D eigenvalue weighted by Gasteiger charge is 2.19. The Hall–Kier alpha value is -1.58. The molecule has 110 valence electrons. The lowest BCUT2D eigenvalue weighted by atomic mass is 9.99. The Balaban J connectivity index is 1.58. The second kappa shape index (κ2) is 6.46. The van der Waals surface area contributed by atoms with Crippen LogP contribution in [0.4, 0.5) is 5.69 Å². The van der Waals surface area contributed by atoms with E-state index in [2.05, 4.69) is 46.4 Å². The smallest absolute Gasteiger partial charge is 0.131 e. The fourth-order valence-electron chi connectivity index (χ4n) is 2.80. The van der Waals surface area contributed by atoms with Gasteiger partial charge < -0.3 is 5.32 Å². The third kappa shape index (κ3) is 3.55. The minimum absolute atomic E-state index is 0.477. The van der Waals surface area contributed by atoms with Gasteiger partial charge in [-0.3, -0.25) is 4.90 Å². The van der Waals surface area contributed by atoms with E-state index in [0.717, 1.165) is 31.7 Å². The zero-order valence-electron chi connectivity index (χ0n) is 12.2. The molecule has 0 aliphatic carbocycles. The van der Waals surface area contributed by atoms with Gasteiger partial charge in [0.15, 0.2) is 0 Å². The Morgan fingerprint density at radius 2 is 2.10 bits per heavy atom. The summed E-state index contributed by atoms with van der Waals surface area (Å²) in [5.74, 6) is 0. The topological polar surface area (TPSA) is 28.2 Å². The number of benzene rings is 1. The van der Waals surface area contributed by atoms with Crippen molar-refractivity contribution in [3.8, 4) is 0 Å². The number of anilines is 1. The van der Waals surface area contributed by atoms with Gasteiger partial charge in [-0.2, -0.15) is 0 Å². The van der Waals surface area contributed by atoms with Crippen molar-refractivity contribution in [1.82, 2.24) is 9.88 Å². The minimum Gasteiger partial charge on any atom is -0.383 e. The number of hydrogen-bond donors (Lipinski definition) is 1. The number of fused-ring (bicyclic) bond motifs is 1. The summed E-state index contributed by atoms with van der Waals surface area (Å²) in [7, 11) is 0. The molecule has 1 unspecified atom stereocenters. The number of rotatable bonds is 4. The van der Waals surface area contributed by atoms with E-state index in [-0.39, 0.29) is 0 Å². The number of nitrogens with one attached hydrogen (secondary N) is 1. The van der Waals surface area contributed by atoms with Crippen molar-refractivity contribution in [3.05, 3.63) is 58.9 Å². The monoisotopic (exact) mass is 301 g/mol. The molecule has 2 heterocycles. The summed E-state index contributed by atoms with van der Waals surface area (Å²) in [6.45, 7) is 5.33. The van der Waals surface area contributed by atoms with Gasteiger partial charge in [-0.15, -0.1) is 0 Å². The molecule has 0 amide bonds. The summed E-state index contributed by atoms with van der Waals surface area (Å²) in [4.78, 5) is 6.52. The summed E-state index contributed by atoms with van der Waals surface area (Å²) in [6, 6.07) is 13.0. The first-order valence-electron chi connectivity index (χ1n) is 7.38. The van der Waals surface area contributed by atoms with Crippen LogP contribution in [-0.4, -0.2) is 29.0 Å². The fraction of sp³-hybridized carbons (Fsp3) is 0.353. The normalized spacial score (nSPS) is 16.3.